The van der Waals surface area contributed by atoms with Gasteiger partial charge in [0.25, 0.3) is 5.91 Å². The van der Waals surface area contributed by atoms with Crippen LogP contribution in [0.5, 0.6) is 0 Å². The minimum absolute atomic E-state index is 0.00169. The van der Waals surface area contributed by atoms with Crippen molar-refractivity contribution in [2.75, 3.05) is 26.3 Å². The number of benzene rings is 1. The molecule has 4 aliphatic heterocycles. The molecule has 10 heteroatoms. The second kappa shape index (κ2) is 8.95. The number of ether oxygens (including phenoxy) is 1. The van der Waals surface area contributed by atoms with Crippen LogP contribution in [0.1, 0.15) is 11.6 Å². The number of allylic oxidation sites excluding steroid dienone is 2. The lowest BCUT2D eigenvalue weighted by atomic mass is 10.0. The molecule has 32 heavy (non-hydrogen) atoms. The Hall–Kier alpha value is -2.85. The summed E-state index contributed by atoms with van der Waals surface area (Å²) in [6, 6.07) is 4.33. The Morgan fingerprint density at radius 3 is 2.88 bits per heavy atom. The number of amides is 1. The first kappa shape index (κ1) is 21.0. The van der Waals surface area contributed by atoms with Gasteiger partial charge in [0.05, 0.1) is 24.3 Å². The summed E-state index contributed by atoms with van der Waals surface area (Å²) in [5.41, 5.74) is 4.27. The van der Waals surface area contributed by atoms with E-state index in [1.165, 1.54) is 6.07 Å². The maximum atomic E-state index is 13.9. The lowest BCUT2D eigenvalue weighted by molar-refractivity contribution is -0.119. The zero-order valence-electron chi connectivity index (χ0n) is 17.2. The van der Waals surface area contributed by atoms with Gasteiger partial charge in [-0.25, -0.2) is 9.82 Å². The van der Waals surface area contributed by atoms with E-state index in [9.17, 15) is 9.18 Å². The van der Waals surface area contributed by atoms with Gasteiger partial charge in [-0.2, -0.15) is 0 Å². The topological polar surface area (TPSA) is 80.9 Å². The largest absolute Gasteiger partial charge is 0.379 e. The number of dihydropyridines is 1. The van der Waals surface area contributed by atoms with Gasteiger partial charge in [0, 0.05) is 19.3 Å². The van der Waals surface area contributed by atoms with E-state index >= 15 is 0 Å². The Labute approximate surface area is 190 Å². The third kappa shape index (κ3) is 4.12. The summed E-state index contributed by atoms with van der Waals surface area (Å²) >= 11 is 6.16. The van der Waals surface area contributed by atoms with Crippen molar-refractivity contribution in [3.05, 3.63) is 82.7 Å². The van der Waals surface area contributed by atoms with Crippen molar-refractivity contribution in [2.45, 2.75) is 18.4 Å². The van der Waals surface area contributed by atoms with Gasteiger partial charge >= 0.3 is 0 Å². The number of nitrogens with one attached hydrogen (secondary N) is 4. The van der Waals surface area contributed by atoms with E-state index in [4.69, 9.17) is 16.3 Å². The van der Waals surface area contributed by atoms with Gasteiger partial charge in [-0.1, -0.05) is 35.9 Å². The first-order valence-electron chi connectivity index (χ1n) is 10.5. The summed E-state index contributed by atoms with van der Waals surface area (Å²) in [7, 11) is 0. The number of hydrazine groups is 1. The van der Waals surface area contributed by atoms with Crippen molar-refractivity contribution in [1.82, 2.24) is 31.3 Å². The molecule has 0 radical (unpaired) electrons. The second-order valence-electron chi connectivity index (χ2n) is 7.80. The molecule has 1 amide bonds. The Morgan fingerprint density at radius 1 is 1.19 bits per heavy atom. The van der Waals surface area contributed by atoms with E-state index in [0.29, 0.717) is 30.3 Å². The standard InChI is InChI=1S/C22H24ClFN6O2/c23-21-14(3-1-4-15(21)24)16-7-8-19-25-13-17(30(19)28-16)22(31)27-18-5-2-6-20(26-18)29-9-11-32-12-10-29/h1-8,13,16,19-20,25-26,28H,9-12H2,(H,27,31). The highest BCUT2D eigenvalue weighted by atomic mass is 35.5. The summed E-state index contributed by atoms with van der Waals surface area (Å²) in [5.74, 6) is -0.134. The van der Waals surface area contributed by atoms with Crippen LogP contribution in [0.15, 0.2) is 66.3 Å². The number of morpholine rings is 1. The molecule has 0 aromatic heterocycles. The number of carbonyl (C=O) groups is 1. The average molecular weight is 459 g/mol. The van der Waals surface area contributed by atoms with E-state index in [2.05, 4.69) is 32.4 Å². The zero-order chi connectivity index (χ0) is 22.1. The van der Waals surface area contributed by atoms with Crippen molar-refractivity contribution in [1.29, 1.82) is 0 Å². The lowest BCUT2D eigenvalue weighted by Crippen LogP contribution is -2.53. The second-order valence-corrected chi connectivity index (χ2v) is 8.18. The predicted molar refractivity (Wildman–Crippen MR) is 118 cm³/mol. The molecule has 0 saturated carbocycles. The van der Waals surface area contributed by atoms with E-state index < -0.39 is 5.82 Å². The van der Waals surface area contributed by atoms with Gasteiger partial charge in [0.2, 0.25) is 0 Å². The summed E-state index contributed by atoms with van der Waals surface area (Å²) < 4.78 is 19.3. The number of hydrogen-bond donors (Lipinski definition) is 4. The first-order chi connectivity index (χ1) is 15.6. The number of nitrogens with zero attached hydrogens (tertiary/aromatic N) is 2. The Balaban J connectivity index is 1.25. The molecule has 0 bridgehead atoms. The minimum atomic E-state index is -0.479. The third-order valence-electron chi connectivity index (χ3n) is 5.79. The third-order valence-corrected chi connectivity index (χ3v) is 6.19. The normalized spacial score (nSPS) is 27.2. The van der Waals surface area contributed by atoms with E-state index in [0.717, 1.165) is 13.1 Å². The molecular weight excluding hydrogens is 435 g/mol. The molecule has 1 aromatic rings. The maximum Gasteiger partial charge on any atom is 0.276 e. The number of halogens is 2. The summed E-state index contributed by atoms with van der Waals surface area (Å²) in [5, 5.41) is 11.2. The molecule has 1 fully saturated rings. The molecule has 168 valence electrons. The highest BCUT2D eigenvalue weighted by Gasteiger charge is 2.34. The van der Waals surface area contributed by atoms with Crippen molar-refractivity contribution in [2.24, 2.45) is 0 Å². The number of rotatable bonds is 4. The zero-order valence-corrected chi connectivity index (χ0v) is 18.0. The minimum Gasteiger partial charge on any atom is -0.379 e. The highest BCUT2D eigenvalue weighted by molar-refractivity contribution is 6.31. The lowest BCUT2D eigenvalue weighted by Gasteiger charge is -2.36. The fourth-order valence-corrected chi connectivity index (χ4v) is 4.36. The molecule has 5 rings (SSSR count). The maximum absolute atomic E-state index is 13.9. The van der Waals surface area contributed by atoms with Crippen molar-refractivity contribution in [3.8, 4) is 0 Å². The Morgan fingerprint density at radius 2 is 2.03 bits per heavy atom. The first-order valence-corrected chi connectivity index (χ1v) is 10.9. The van der Waals surface area contributed by atoms with Gasteiger partial charge in [0.1, 0.15) is 29.7 Å². The molecule has 8 nitrogen and oxygen atoms in total. The summed E-state index contributed by atoms with van der Waals surface area (Å²) in [4.78, 5) is 15.3. The van der Waals surface area contributed by atoms with Gasteiger partial charge in [0.15, 0.2) is 0 Å². The van der Waals surface area contributed by atoms with Crippen LogP contribution >= 0.6 is 11.6 Å². The molecule has 4 aliphatic rings. The van der Waals surface area contributed by atoms with Crippen LogP contribution in [0.3, 0.4) is 0 Å². The highest BCUT2D eigenvalue weighted by Crippen LogP contribution is 2.30. The Kier molecular flexibility index (Phi) is 5.88. The summed E-state index contributed by atoms with van der Waals surface area (Å²) in [6.45, 7) is 3.05. The van der Waals surface area contributed by atoms with Crippen LogP contribution in [0.25, 0.3) is 0 Å². The molecule has 1 aromatic carbocycles. The van der Waals surface area contributed by atoms with Gasteiger partial charge in [-0.15, -0.1) is 0 Å². The molecule has 3 unspecified atom stereocenters. The predicted octanol–water partition coefficient (Wildman–Crippen LogP) is 1.44. The summed E-state index contributed by atoms with van der Waals surface area (Å²) in [6.07, 6.45) is 11.0. The van der Waals surface area contributed by atoms with Crippen LogP contribution in [0.2, 0.25) is 5.02 Å². The van der Waals surface area contributed by atoms with E-state index in [-0.39, 0.29) is 29.3 Å². The van der Waals surface area contributed by atoms with Crippen LogP contribution in [0.4, 0.5) is 4.39 Å². The van der Waals surface area contributed by atoms with E-state index in [1.54, 1.807) is 23.3 Å². The number of fused-ring (bicyclic) bond motifs is 1. The van der Waals surface area contributed by atoms with Crippen molar-refractivity contribution >= 4 is 17.5 Å². The quantitative estimate of drug-likeness (QED) is 0.508. The van der Waals surface area contributed by atoms with Crippen LogP contribution < -0.4 is 21.4 Å². The van der Waals surface area contributed by atoms with Crippen molar-refractivity contribution in [3.63, 3.8) is 0 Å². The number of carbonyl (C=O) groups excluding carboxylic acids is 1. The van der Waals surface area contributed by atoms with Crippen LogP contribution in [-0.4, -0.2) is 54.5 Å². The van der Waals surface area contributed by atoms with Crippen LogP contribution in [0, 0.1) is 5.82 Å². The molecule has 3 atom stereocenters. The fraction of sp³-hybridized carbons (Fsp3) is 0.318. The monoisotopic (exact) mass is 458 g/mol. The molecule has 0 aliphatic carbocycles. The smallest absolute Gasteiger partial charge is 0.276 e. The Bertz CT molecular complexity index is 1020. The molecule has 0 spiro atoms. The van der Waals surface area contributed by atoms with Crippen LogP contribution in [-0.2, 0) is 9.53 Å². The molecule has 4 N–H and O–H groups in total. The average Bonchev–Trinajstić information content (AvgIpc) is 3.25. The molecular formula is C22H24ClFN6O2. The molecule has 1 saturated heterocycles. The SMILES string of the molecule is O=C(NC1=CC=CC(N2CCOCC2)N1)C1=CNC2C=CC(c3cccc(F)c3Cl)NN12. The fourth-order valence-electron chi connectivity index (χ4n) is 4.11. The molecule has 4 heterocycles. The van der Waals surface area contributed by atoms with Gasteiger partial charge in [-0.05, 0) is 29.9 Å². The van der Waals surface area contributed by atoms with Gasteiger partial charge < -0.3 is 20.7 Å². The van der Waals surface area contributed by atoms with E-state index in [1.807, 2.05) is 24.3 Å². The number of hydrogen-bond acceptors (Lipinski definition) is 7. The van der Waals surface area contributed by atoms with Gasteiger partial charge in [-0.3, -0.25) is 14.7 Å². The van der Waals surface area contributed by atoms with Crippen molar-refractivity contribution < 1.29 is 13.9 Å².